The molecule has 0 unspecified atom stereocenters. The third kappa shape index (κ3) is 3.63. The predicted molar refractivity (Wildman–Crippen MR) is 63.2 cm³/mol. The number of aromatic hydroxyl groups is 1. The lowest BCUT2D eigenvalue weighted by Gasteiger charge is -2.06. The number of phenolic OH excluding ortho intramolecular Hbond substituents is 1. The number of nitrogens with zero attached hydrogens (tertiary/aromatic N) is 3. The van der Waals surface area contributed by atoms with Crippen LogP contribution in [0.15, 0.2) is 21.7 Å². The molecule has 0 spiro atoms. The summed E-state index contributed by atoms with van der Waals surface area (Å²) in [5.41, 5.74) is 9.02. The molecule has 0 fully saturated rings. The molecule has 0 saturated heterocycles. The molecule has 15 heavy (non-hydrogen) atoms. The molecular weight excluding hydrogens is 281 g/mol. The van der Waals surface area contributed by atoms with Crippen LogP contribution < -0.4 is 0 Å². The molecule has 0 aromatic heterocycles. The fourth-order valence-electron chi connectivity index (χ4n) is 1.20. The van der Waals surface area contributed by atoms with E-state index in [1.54, 1.807) is 6.07 Å². The topological polar surface area (TPSA) is 69.0 Å². The van der Waals surface area contributed by atoms with Gasteiger partial charge in [0.05, 0.1) is 0 Å². The molecule has 0 saturated carbocycles. The van der Waals surface area contributed by atoms with Crippen molar-refractivity contribution in [3.05, 3.63) is 37.6 Å². The Balaban J connectivity index is 2.72. The summed E-state index contributed by atoms with van der Waals surface area (Å²) in [6, 6.07) is 3.09. The Bertz CT molecular complexity index is 381. The highest BCUT2D eigenvalue weighted by molar-refractivity contribution is 9.10. The summed E-state index contributed by atoms with van der Waals surface area (Å²) in [6.45, 7) is 0.445. The molecule has 4 nitrogen and oxygen atoms in total. The highest BCUT2D eigenvalue weighted by Crippen LogP contribution is 2.30. The molecular formula is C9H9BrClN3O. The highest BCUT2D eigenvalue weighted by atomic mass is 79.9. The van der Waals surface area contributed by atoms with E-state index in [9.17, 15) is 5.11 Å². The van der Waals surface area contributed by atoms with Gasteiger partial charge in [0.2, 0.25) is 0 Å². The van der Waals surface area contributed by atoms with Gasteiger partial charge in [-0.15, -0.1) is 0 Å². The van der Waals surface area contributed by atoms with Crippen LogP contribution in [-0.2, 0) is 6.42 Å². The highest BCUT2D eigenvalue weighted by Gasteiger charge is 2.06. The average Bonchev–Trinajstić information content (AvgIpc) is 2.15. The van der Waals surface area contributed by atoms with Gasteiger partial charge < -0.3 is 5.11 Å². The summed E-state index contributed by atoms with van der Waals surface area (Å²) in [7, 11) is 0. The predicted octanol–water partition coefficient (Wildman–Crippen LogP) is 4.05. The van der Waals surface area contributed by atoms with Gasteiger partial charge in [-0.3, -0.25) is 0 Å². The fourth-order valence-corrected chi connectivity index (χ4v) is 2.27. The Hall–Kier alpha value is -0.900. The van der Waals surface area contributed by atoms with Crippen LogP contribution >= 0.6 is 27.5 Å². The van der Waals surface area contributed by atoms with Crippen molar-refractivity contribution in [2.75, 3.05) is 6.54 Å². The number of azide groups is 1. The van der Waals surface area contributed by atoms with Crippen molar-refractivity contribution in [3.8, 4) is 5.75 Å². The first-order valence-corrected chi connectivity index (χ1v) is 5.50. The lowest BCUT2D eigenvalue weighted by molar-refractivity contribution is 0.474. The second-order valence-electron chi connectivity index (χ2n) is 2.95. The van der Waals surface area contributed by atoms with E-state index in [1.165, 1.54) is 6.07 Å². The van der Waals surface area contributed by atoms with E-state index in [1.807, 2.05) is 0 Å². The minimum atomic E-state index is 0.130. The quantitative estimate of drug-likeness (QED) is 0.386. The maximum atomic E-state index is 9.25. The van der Waals surface area contributed by atoms with E-state index >= 15 is 0 Å². The van der Waals surface area contributed by atoms with Crippen molar-refractivity contribution in [3.63, 3.8) is 0 Å². The van der Waals surface area contributed by atoms with Crippen LogP contribution in [0.3, 0.4) is 0 Å². The van der Waals surface area contributed by atoms with Gasteiger partial charge in [0, 0.05) is 21.0 Å². The van der Waals surface area contributed by atoms with E-state index in [-0.39, 0.29) is 5.75 Å². The molecule has 0 aliphatic carbocycles. The third-order valence-electron chi connectivity index (χ3n) is 1.87. The van der Waals surface area contributed by atoms with Gasteiger partial charge in [-0.1, -0.05) is 32.6 Å². The first kappa shape index (κ1) is 12.2. The van der Waals surface area contributed by atoms with Crippen LogP contribution in [0, 0.1) is 0 Å². The van der Waals surface area contributed by atoms with Crippen molar-refractivity contribution in [1.82, 2.24) is 0 Å². The first-order chi connectivity index (χ1) is 7.15. The molecule has 6 heteroatoms. The van der Waals surface area contributed by atoms with Gasteiger partial charge >= 0.3 is 0 Å². The number of halogens is 2. The second kappa shape index (κ2) is 5.85. The summed E-state index contributed by atoms with van der Waals surface area (Å²) in [5.74, 6) is 0.130. The molecule has 80 valence electrons. The summed E-state index contributed by atoms with van der Waals surface area (Å²) in [4.78, 5) is 2.67. The Morgan fingerprint density at radius 1 is 1.53 bits per heavy atom. The van der Waals surface area contributed by atoms with Crippen LogP contribution in [0.2, 0.25) is 5.02 Å². The smallest absolute Gasteiger partial charge is 0.118 e. The van der Waals surface area contributed by atoms with E-state index in [4.69, 9.17) is 17.1 Å². The molecule has 0 aliphatic rings. The summed E-state index contributed by atoms with van der Waals surface area (Å²) in [6.07, 6.45) is 1.44. The van der Waals surface area contributed by atoms with Gasteiger partial charge in [0.1, 0.15) is 5.75 Å². The molecule has 0 atom stereocenters. The fraction of sp³-hybridized carbons (Fsp3) is 0.333. The van der Waals surface area contributed by atoms with Gasteiger partial charge in [-0.2, -0.15) is 0 Å². The molecule has 1 aromatic carbocycles. The van der Waals surface area contributed by atoms with Crippen molar-refractivity contribution >= 4 is 27.5 Å². The van der Waals surface area contributed by atoms with Gasteiger partial charge in [-0.05, 0) is 36.1 Å². The average molecular weight is 291 g/mol. The normalized spacial score (nSPS) is 9.73. The van der Waals surface area contributed by atoms with E-state index in [0.717, 1.165) is 16.5 Å². The second-order valence-corrected chi connectivity index (χ2v) is 4.21. The van der Waals surface area contributed by atoms with Crippen LogP contribution in [-0.4, -0.2) is 11.7 Å². The molecule has 0 aliphatic heterocycles. The monoisotopic (exact) mass is 289 g/mol. The van der Waals surface area contributed by atoms with E-state index < -0.39 is 0 Å². The standard InChI is InChI=1S/C9H9BrClN3O/c10-8-4-6(15)5-9(11)7(8)2-1-3-13-14-12/h4-5,15H,1-3H2. The third-order valence-corrected chi connectivity index (χ3v) is 2.92. The SMILES string of the molecule is [N-]=[N+]=NCCCc1c(Cl)cc(O)cc1Br. The van der Waals surface area contributed by atoms with Crippen LogP contribution in [0.4, 0.5) is 0 Å². The van der Waals surface area contributed by atoms with E-state index in [0.29, 0.717) is 18.0 Å². The zero-order chi connectivity index (χ0) is 11.3. The molecule has 0 radical (unpaired) electrons. The molecule has 1 rings (SSSR count). The van der Waals surface area contributed by atoms with Crippen LogP contribution in [0.25, 0.3) is 10.4 Å². The molecule has 1 N–H and O–H groups in total. The number of rotatable bonds is 4. The number of phenols is 1. The molecule has 1 aromatic rings. The molecule has 0 bridgehead atoms. The number of hydrogen-bond donors (Lipinski definition) is 1. The first-order valence-electron chi connectivity index (χ1n) is 4.33. The number of hydrogen-bond acceptors (Lipinski definition) is 2. The maximum Gasteiger partial charge on any atom is 0.118 e. The van der Waals surface area contributed by atoms with Crippen molar-refractivity contribution in [1.29, 1.82) is 0 Å². The Morgan fingerprint density at radius 2 is 2.27 bits per heavy atom. The van der Waals surface area contributed by atoms with Gasteiger partial charge in [0.15, 0.2) is 0 Å². The van der Waals surface area contributed by atoms with Crippen molar-refractivity contribution < 1.29 is 5.11 Å². The Morgan fingerprint density at radius 3 is 2.87 bits per heavy atom. The zero-order valence-electron chi connectivity index (χ0n) is 7.82. The maximum absolute atomic E-state index is 9.25. The van der Waals surface area contributed by atoms with Gasteiger partial charge in [-0.25, -0.2) is 0 Å². The lowest BCUT2D eigenvalue weighted by atomic mass is 10.1. The van der Waals surface area contributed by atoms with Crippen LogP contribution in [0.1, 0.15) is 12.0 Å². The zero-order valence-corrected chi connectivity index (χ0v) is 10.2. The van der Waals surface area contributed by atoms with Crippen molar-refractivity contribution in [2.45, 2.75) is 12.8 Å². The van der Waals surface area contributed by atoms with E-state index in [2.05, 4.69) is 26.0 Å². The van der Waals surface area contributed by atoms with Crippen LogP contribution in [0.5, 0.6) is 5.75 Å². The summed E-state index contributed by atoms with van der Waals surface area (Å²) < 4.78 is 0.772. The summed E-state index contributed by atoms with van der Waals surface area (Å²) in [5, 5.41) is 13.2. The lowest BCUT2D eigenvalue weighted by Crippen LogP contribution is -1.91. The summed E-state index contributed by atoms with van der Waals surface area (Å²) >= 11 is 9.27. The minimum Gasteiger partial charge on any atom is -0.508 e. The Labute approximate surface area is 101 Å². The van der Waals surface area contributed by atoms with Crippen molar-refractivity contribution in [2.24, 2.45) is 5.11 Å². The van der Waals surface area contributed by atoms with Gasteiger partial charge in [0.25, 0.3) is 0 Å². The minimum absolute atomic E-state index is 0.130. The number of benzene rings is 1. The molecule has 0 amide bonds. The molecule has 0 heterocycles. The largest absolute Gasteiger partial charge is 0.508 e. The Kier molecular flexibility index (Phi) is 4.75.